The zero-order chi connectivity index (χ0) is 17.2. The number of nitrogens with zero attached hydrogens (tertiary/aromatic N) is 2. The quantitative estimate of drug-likeness (QED) is 0.904. The number of aromatic nitrogens is 1. The standard InChI is InChI=1S/C19H23N3O3/c23-18(10-16-15-5-1-2-6-17(15)25-21-16)22-9-3-4-14(12-22)19(24)20-11-13-7-8-13/h1-2,5-6,13-14H,3-4,7-12H2,(H,20,24). The molecule has 1 N–H and O–H groups in total. The lowest BCUT2D eigenvalue weighted by molar-refractivity contribution is -0.135. The summed E-state index contributed by atoms with van der Waals surface area (Å²) in [6.45, 7) is 2.00. The number of hydrogen-bond donors (Lipinski definition) is 1. The minimum Gasteiger partial charge on any atom is -0.356 e. The molecule has 132 valence electrons. The summed E-state index contributed by atoms with van der Waals surface area (Å²) in [6.07, 6.45) is 4.38. The first-order valence-corrected chi connectivity index (χ1v) is 9.09. The van der Waals surface area contributed by atoms with E-state index in [1.165, 1.54) is 12.8 Å². The number of piperidine rings is 1. The van der Waals surface area contributed by atoms with Gasteiger partial charge in [-0.3, -0.25) is 9.59 Å². The number of para-hydroxylation sites is 1. The molecule has 25 heavy (non-hydrogen) atoms. The van der Waals surface area contributed by atoms with Gasteiger partial charge in [-0.05, 0) is 43.7 Å². The summed E-state index contributed by atoms with van der Waals surface area (Å²) in [5.41, 5.74) is 1.36. The van der Waals surface area contributed by atoms with Crippen molar-refractivity contribution in [3.8, 4) is 0 Å². The van der Waals surface area contributed by atoms with Crippen LogP contribution >= 0.6 is 0 Å². The van der Waals surface area contributed by atoms with Gasteiger partial charge in [0.15, 0.2) is 5.58 Å². The second-order valence-corrected chi connectivity index (χ2v) is 7.17. The van der Waals surface area contributed by atoms with Crippen molar-refractivity contribution in [1.82, 2.24) is 15.4 Å². The average molecular weight is 341 g/mol. The normalized spacial score (nSPS) is 20.6. The van der Waals surface area contributed by atoms with E-state index in [-0.39, 0.29) is 24.2 Å². The lowest BCUT2D eigenvalue weighted by atomic mass is 9.96. The molecule has 1 aromatic carbocycles. The first-order chi connectivity index (χ1) is 12.2. The third-order valence-electron chi connectivity index (χ3n) is 5.18. The number of hydrogen-bond acceptors (Lipinski definition) is 4. The van der Waals surface area contributed by atoms with Crippen LogP contribution in [0.1, 0.15) is 31.4 Å². The molecule has 6 nitrogen and oxygen atoms in total. The first-order valence-electron chi connectivity index (χ1n) is 9.09. The molecular weight excluding hydrogens is 318 g/mol. The molecule has 4 rings (SSSR count). The smallest absolute Gasteiger partial charge is 0.228 e. The van der Waals surface area contributed by atoms with E-state index in [4.69, 9.17) is 4.52 Å². The molecule has 0 spiro atoms. The summed E-state index contributed by atoms with van der Waals surface area (Å²) in [7, 11) is 0. The Hall–Kier alpha value is -2.37. The van der Waals surface area contributed by atoms with Crippen molar-refractivity contribution in [2.24, 2.45) is 11.8 Å². The van der Waals surface area contributed by atoms with E-state index in [1.807, 2.05) is 24.3 Å². The van der Waals surface area contributed by atoms with Gasteiger partial charge in [-0.25, -0.2) is 0 Å². The number of benzene rings is 1. The van der Waals surface area contributed by atoms with Crippen LogP contribution in [0.3, 0.4) is 0 Å². The molecule has 1 aliphatic carbocycles. The Balaban J connectivity index is 1.37. The number of nitrogens with one attached hydrogen (secondary N) is 1. The fraction of sp³-hybridized carbons (Fsp3) is 0.526. The highest BCUT2D eigenvalue weighted by atomic mass is 16.5. The van der Waals surface area contributed by atoms with Gasteiger partial charge in [-0.1, -0.05) is 17.3 Å². The van der Waals surface area contributed by atoms with Crippen LogP contribution < -0.4 is 5.32 Å². The maximum Gasteiger partial charge on any atom is 0.228 e. The van der Waals surface area contributed by atoms with Crippen molar-refractivity contribution in [2.45, 2.75) is 32.1 Å². The van der Waals surface area contributed by atoms with Crippen molar-refractivity contribution < 1.29 is 14.1 Å². The largest absolute Gasteiger partial charge is 0.356 e. The fourth-order valence-corrected chi connectivity index (χ4v) is 3.45. The molecule has 1 saturated carbocycles. The first kappa shape index (κ1) is 16.1. The van der Waals surface area contributed by atoms with E-state index in [9.17, 15) is 9.59 Å². The minimum absolute atomic E-state index is 0.0127. The molecule has 1 saturated heterocycles. The molecule has 2 aliphatic rings. The van der Waals surface area contributed by atoms with Crippen LogP contribution in [0, 0.1) is 11.8 Å². The highest BCUT2D eigenvalue weighted by molar-refractivity contribution is 5.87. The van der Waals surface area contributed by atoms with Gasteiger partial charge in [0.1, 0.15) is 5.69 Å². The van der Waals surface area contributed by atoms with Gasteiger partial charge in [-0.15, -0.1) is 0 Å². The van der Waals surface area contributed by atoms with Crippen molar-refractivity contribution in [3.05, 3.63) is 30.0 Å². The molecule has 1 aromatic heterocycles. The third-order valence-corrected chi connectivity index (χ3v) is 5.18. The van der Waals surface area contributed by atoms with Gasteiger partial charge in [0.25, 0.3) is 0 Å². The molecule has 1 unspecified atom stereocenters. The van der Waals surface area contributed by atoms with Crippen LogP contribution in [0.5, 0.6) is 0 Å². The molecule has 2 amide bonds. The number of carbonyl (C=O) groups excluding carboxylic acids is 2. The van der Waals surface area contributed by atoms with E-state index in [2.05, 4.69) is 10.5 Å². The van der Waals surface area contributed by atoms with Crippen molar-refractivity contribution in [3.63, 3.8) is 0 Å². The molecule has 1 atom stereocenters. The maximum absolute atomic E-state index is 12.7. The Kier molecular flexibility index (Phi) is 4.42. The topological polar surface area (TPSA) is 75.4 Å². The van der Waals surface area contributed by atoms with Crippen molar-refractivity contribution in [2.75, 3.05) is 19.6 Å². The second kappa shape index (κ2) is 6.86. The van der Waals surface area contributed by atoms with Gasteiger partial charge >= 0.3 is 0 Å². The lowest BCUT2D eigenvalue weighted by Gasteiger charge is -2.32. The Labute approximate surface area is 146 Å². The number of rotatable bonds is 5. The van der Waals surface area contributed by atoms with E-state index >= 15 is 0 Å². The van der Waals surface area contributed by atoms with Crippen LogP contribution in [-0.4, -0.2) is 41.5 Å². The molecular formula is C19H23N3O3. The van der Waals surface area contributed by atoms with Gasteiger partial charge in [0, 0.05) is 25.0 Å². The number of fused-ring (bicyclic) bond motifs is 1. The number of carbonyl (C=O) groups is 2. The van der Waals surface area contributed by atoms with Gasteiger partial charge in [0.05, 0.1) is 12.3 Å². The molecule has 6 heteroatoms. The maximum atomic E-state index is 12.7. The van der Waals surface area contributed by atoms with Crippen LogP contribution in [-0.2, 0) is 16.0 Å². The Morgan fingerprint density at radius 1 is 1.24 bits per heavy atom. The molecule has 2 heterocycles. The molecule has 0 bridgehead atoms. The van der Waals surface area contributed by atoms with Gasteiger partial charge in [0.2, 0.25) is 11.8 Å². The van der Waals surface area contributed by atoms with Crippen LogP contribution in [0.15, 0.2) is 28.8 Å². The third kappa shape index (κ3) is 3.67. The SMILES string of the molecule is O=C(NCC1CC1)C1CCCN(C(=O)Cc2noc3ccccc23)C1. The van der Waals surface area contributed by atoms with Crippen molar-refractivity contribution in [1.29, 1.82) is 0 Å². The second-order valence-electron chi connectivity index (χ2n) is 7.17. The summed E-state index contributed by atoms with van der Waals surface area (Å²) in [4.78, 5) is 26.8. The monoisotopic (exact) mass is 341 g/mol. The van der Waals surface area contributed by atoms with Crippen LogP contribution in [0.4, 0.5) is 0 Å². The van der Waals surface area contributed by atoms with E-state index in [0.717, 1.165) is 24.8 Å². The van der Waals surface area contributed by atoms with Crippen LogP contribution in [0.2, 0.25) is 0 Å². The van der Waals surface area contributed by atoms with E-state index in [1.54, 1.807) is 4.90 Å². The predicted octanol–water partition coefficient (Wildman–Crippen LogP) is 2.14. The van der Waals surface area contributed by atoms with Gasteiger partial charge < -0.3 is 14.7 Å². The van der Waals surface area contributed by atoms with Crippen molar-refractivity contribution >= 4 is 22.8 Å². The molecule has 1 aliphatic heterocycles. The van der Waals surface area contributed by atoms with E-state index < -0.39 is 0 Å². The highest BCUT2D eigenvalue weighted by Gasteiger charge is 2.30. The summed E-state index contributed by atoms with van der Waals surface area (Å²) < 4.78 is 5.27. The molecule has 2 fully saturated rings. The lowest BCUT2D eigenvalue weighted by Crippen LogP contribution is -2.46. The summed E-state index contributed by atoms with van der Waals surface area (Å²) >= 11 is 0. The van der Waals surface area contributed by atoms with E-state index in [0.29, 0.717) is 30.3 Å². The van der Waals surface area contributed by atoms with Gasteiger partial charge in [-0.2, -0.15) is 0 Å². The zero-order valence-corrected chi connectivity index (χ0v) is 14.2. The Bertz CT molecular complexity index is 781. The summed E-state index contributed by atoms with van der Waals surface area (Å²) in [5, 5.41) is 7.96. The zero-order valence-electron chi connectivity index (χ0n) is 14.2. The Morgan fingerprint density at radius 3 is 2.92 bits per heavy atom. The molecule has 0 radical (unpaired) electrons. The summed E-state index contributed by atoms with van der Waals surface area (Å²) in [5.74, 6) is 0.686. The fourth-order valence-electron chi connectivity index (χ4n) is 3.45. The predicted molar refractivity (Wildman–Crippen MR) is 92.8 cm³/mol. The number of likely N-dealkylation sites (tertiary alicyclic amines) is 1. The Morgan fingerprint density at radius 2 is 2.08 bits per heavy atom. The summed E-state index contributed by atoms with van der Waals surface area (Å²) in [6, 6.07) is 7.56. The van der Waals surface area contributed by atoms with Crippen LogP contribution in [0.25, 0.3) is 11.0 Å². The number of amides is 2. The average Bonchev–Trinajstić information content (AvgIpc) is 3.40. The molecule has 2 aromatic rings. The highest BCUT2D eigenvalue weighted by Crippen LogP contribution is 2.28. The minimum atomic E-state index is -0.0921.